The Morgan fingerprint density at radius 2 is 2.00 bits per heavy atom. The van der Waals surface area contributed by atoms with Gasteiger partial charge in [0.1, 0.15) is 22.2 Å². The number of rotatable bonds is 4. The van der Waals surface area contributed by atoms with Crippen LogP contribution in [0.25, 0.3) is 0 Å². The van der Waals surface area contributed by atoms with Crippen LogP contribution in [0.1, 0.15) is 47.3 Å². The van der Waals surface area contributed by atoms with E-state index in [1.807, 2.05) is 7.05 Å². The van der Waals surface area contributed by atoms with E-state index in [4.69, 9.17) is 14.5 Å². The number of piperidine rings is 1. The van der Waals surface area contributed by atoms with Crippen LogP contribution >= 0.6 is 0 Å². The lowest BCUT2D eigenvalue weighted by atomic mass is 9.97. The van der Waals surface area contributed by atoms with Crippen LogP contribution in [0.4, 0.5) is 5.82 Å². The van der Waals surface area contributed by atoms with Gasteiger partial charge in [-0.3, -0.25) is 0 Å². The number of nitrogens with zero attached hydrogens (tertiary/aromatic N) is 5. The minimum atomic E-state index is -3.66. The van der Waals surface area contributed by atoms with Crippen LogP contribution in [0, 0.1) is 13.8 Å². The standard InChI is InChI=1S/C19H28N6O3S/c1-12-17(13(2)28-23-12)29(26,27)25-8-5-6-14(10-25)18-21-16-7-9-24(4)11-15(16)19(20-3)22-18/h14H,5-11H2,1-4H3,(H,20,21,22)/t14-/m0/s1. The number of hydrogen-bond acceptors (Lipinski definition) is 8. The van der Waals surface area contributed by atoms with E-state index in [1.165, 1.54) is 4.31 Å². The first kappa shape index (κ1) is 20.2. The van der Waals surface area contributed by atoms with Gasteiger partial charge in [-0.15, -0.1) is 0 Å². The lowest BCUT2D eigenvalue weighted by Crippen LogP contribution is -2.40. The molecule has 0 aromatic carbocycles. The Hall–Kier alpha value is -2.04. The molecule has 2 aliphatic heterocycles. The predicted octanol–water partition coefficient (Wildman–Crippen LogP) is 1.68. The third-order valence-electron chi connectivity index (χ3n) is 5.82. The van der Waals surface area contributed by atoms with E-state index in [9.17, 15) is 8.42 Å². The van der Waals surface area contributed by atoms with E-state index in [2.05, 4.69) is 22.4 Å². The first-order valence-corrected chi connectivity index (χ1v) is 11.4. The second-order valence-corrected chi connectivity index (χ2v) is 9.82. The summed E-state index contributed by atoms with van der Waals surface area (Å²) in [7, 11) is 0.301. The quantitative estimate of drug-likeness (QED) is 0.797. The van der Waals surface area contributed by atoms with E-state index in [1.54, 1.807) is 13.8 Å². The molecular formula is C19H28N6O3S. The second-order valence-electron chi connectivity index (χ2n) is 7.95. The smallest absolute Gasteiger partial charge is 0.248 e. The van der Waals surface area contributed by atoms with Crippen molar-refractivity contribution >= 4 is 15.8 Å². The second kappa shape index (κ2) is 7.66. The van der Waals surface area contributed by atoms with Crippen LogP contribution in [0.2, 0.25) is 0 Å². The molecule has 4 heterocycles. The summed E-state index contributed by atoms with van der Waals surface area (Å²) >= 11 is 0. The summed E-state index contributed by atoms with van der Waals surface area (Å²) in [6.45, 7) is 5.93. The van der Waals surface area contributed by atoms with Gasteiger partial charge in [0.25, 0.3) is 0 Å². The summed E-state index contributed by atoms with van der Waals surface area (Å²) in [4.78, 5) is 12.1. The molecule has 29 heavy (non-hydrogen) atoms. The summed E-state index contributed by atoms with van der Waals surface area (Å²) in [6.07, 6.45) is 2.52. The third-order valence-corrected chi connectivity index (χ3v) is 7.93. The molecule has 158 valence electrons. The number of hydrogen-bond donors (Lipinski definition) is 1. The zero-order valence-electron chi connectivity index (χ0n) is 17.4. The Kier molecular flexibility index (Phi) is 5.34. The van der Waals surface area contributed by atoms with Crippen LogP contribution in [-0.2, 0) is 23.0 Å². The first-order valence-electron chi connectivity index (χ1n) is 10.00. The van der Waals surface area contributed by atoms with Crippen LogP contribution in [0.15, 0.2) is 9.42 Å². The van der Waals surface area contributed by atoms with Crippen molar-refractivity contribution in [3.05, 3.63) is 28.5 Å². The fraction of sp³-hybridized carbons (Fsp3) is 0.632. The van der Waals surface area contributed by atoms with Gasteiger partial charge in [0.05, 0.1) is 5.69 Å². The molecule has 1 fully saturated rings. The summed E-state index contributed by atoms with van der Waals surface area (Å²) in [5, 5.41) is 7.02. The van der Waals surface area contributed by atoms with Crippen molar-refractivity contribution < 1.29 is 12.9 Å². The maximum Gasteiger partial charge on any atom is 0.248 e. The summed E-state index contributed by atoms with van der Waals surface area (Å²) in [6, 6.07) is 0. The van der Waals surface area contributed by atoms with Crippen molar-refractivity contribution in [3.8, 4) is 0 Å². The molecule has 0 radical (unpaired) electrons. The van der Waals surface area contributed by atoms with Crippen molar-refractivity contribution in [1.29, 1.82) is 0 Å². The third kappa shape index (κ3) is 3.64. The topological polar surface area (TPSA) is 104 Å². The Labute approximate surface area is 171 Å². The van der Waals surface area contributed by atoms with Crippen molar-refractivity contribution in [3.63, 3.8) is 0 Å². The molecule has 0 amide bonds. The summed E-state index contributed by atoms with van der Waals surface area (Å²) < 4.78 is 33.1. The molecule has 0 unspecified atom stereocenters. The maximum atomic E-state index is 13.2. The van der Waals surface area contributed by atoms with E-state index in [0.29, 0.717) is 24.5 Å². The zero-order valence-corrected chi connectivity index (χ0v) is 18.2. The van der Waals surface area contributed by atoms with Crippen LogP contribution in [0.3, 0.4) is 0 Å². The number of anilines is 1. The maximum absolute atomic E-state index is 13.2. The average Bonchev–Trinajstić information content (AvgIpc) is 3.06. The van der Waals surface area contributed by atoms with Gasteiger partial charge in [0, 0.05) is 51.1 Å². The molecule has 0 bridgehead atoms. The molecule has 1 atom stereocenters. The Morgan fingerprint density at radius 1 is 1.21 bits per heavy atom. The number of likely N-dealkylation sites (N-methyl/N-ethyl adjacent to an activating group) is 1. The molecule has 0 spiro atoms. The van der Waals surface area contributed by atoms with Crippen molar-refractivity contribution in [1.82, 2.24) is 24.3 Å². The number of nitrogens with one attached hydrogen (secondary N) is 1. The molecule has 2 aliphatic rings. The monoisotopic (exact) mass is 420 g/mol. The van der Waals surface area contributed by atoms with Gasteiger partial charge in [0.2, 0.25) is 10.0 Å². The highest BCUT2D eigenvalue weighted by Gasteiger charge is 2.36. The Bertz CT molecular complexity index is 982. The normalized spacial score (nSPS) is 21.2. The van der Waals surface area contributed by atoms with Crippen LogP contribution in [0.5, 0.6) is 0 Å². The van der Waals surface area contributed by atoms with Gasteiger partial charge < -0.3 is 14.7 Å². The van der Waals surface area contributed by atoms with Gasteiger partial charge >= 0.3 is 0 Å². The van der Waals surface area contributed by atoms with Crippen molar-refractivity contribution in [2.45, 2.75) is 50.5 Å². The summed E-state index contributed by atoms with van der Waals surface area (Å²) in [5.41, 5.74) is 2.61. The van der Waals surface area contributed by atoms with E-state index >= 15 is 0 Å². The van der Waals surface area contributed by atoms with Gasteiger partial charge in [-0.1, -0.05) is 5.16 Å². The lowest BCUT2D eigenvalue weighted by Gasteiger charge is -2.32. The molecule has 4 rings (SSSR count). The molecule has 9 nitrogen and oxygen atoms in total. The molecular weight excluding hydrogens is 392 g/mol. The number of fused-ring (bicyclic) bond motifs is 1. The summed E-state index contributed by atoms with van der Waals surface area (Å²) in [5.74, 6) is 1.88. The minimum Gasteiger partial charge on any atom is -0.373 e. The van der Waals surface area contributed by atoms with Gasteiger partial charge in [-0.25, -0.2) is 18.4 Å². The van der Waals surface area contributed by atoms with Crippen molar-refractivity contribution in [2.75, 3.05) is 39.0 Å². The Morgan fingerprint density at radius 3 is 2.69 bits per heavy atom. The van der Waals surface area contributed by atoms with E-state index < -0.39 is 10.0 Å². The van der Waals surface area contributed by atoms with E-state index in [-0.39, 0.29) is 10.8 Å². The molecule has 1 N–H and O–H groups in total. The average molecular weight is 421 g/mol. The fourth-order valence-corrected chi connectivity index (χ4v) is 6.12. The largest absolute Gasteiger partial charge is 0.373 e. The number of aromatic nitrogens is 3. The zero-order chi connectivity index (χ0) is 20.8. The molecule has 2 aromatic heterocycles. The molecule has 0 saturated carbocycles. The molecule has 2 aromatic rings. The van der Waals surface area contributed by atoms with Crippen molar-refractivity contribution in [2.24, 2.45) is 0 Å². The van der Waals surface area contributed by atoms with E-state index in [0.717, 1.165) is 55.3 Å². The highest BCUT2D eigenvalue weighted by Crippen LogP contribution is 2.33. The van der Waals surface area contributed by atoms with Gasteiger partial charge in [-0.05, 0) is 33.7 Å². The number of sulfonamides is 1. The van der Waals surface area contributed by atoms with Gasteiger partial charge in [0.15, 0.2) is 5.76 Å². The highest BCUT2D eigenvalue weighted by molar-refractivity contribution is 7.89. The SMILES string of the molecule is CNc1nc([C@H]2CCCN(S(=O)(=O)c3c(C)noc3C)C2)nc2c1CN(C)CC2. The van der Waals surface area contributed by atoms with Crippen LogP contribution in [-0.4, -0.2) is 66.5 Å². The minimum absolute atomic E-state index is 0.0314. The fourth-order valence-electron chi connectivity index (χ4n) is 4.30. The highest BCUT2D eigenvalue weighted by atomic mass is 32.2. The lowest BCUT2D eigenvalue weighted by molar-refractivity contribution is 0.299. The predicted molar refractivity (Wildman–Crippen MR) is 108 cm³/mol. The Balaban J connectivity index is 1.64. The van der Waals surface area contributed by atoms with Gasteiger partial charge in [-0.2, -0.15) is 4.31 Å². The number of aryl methyl sites for hydroxylation is 2. The first-order chi connectivity index (χ1) is 13.8. The molecule has 10 heteroatoms. The molecule has 0 aliphatic carbocycles. The molecule has 1 saturated heterocycles. The van der Waals surface area contributed by atoms with Crippen LogP contribution < -0.4 is 5.32 Å².